The lowest BCUT2D eigenvalue weighted by Crippen LogP contribution is -2.06. The number of hydrogen-bond acceptors (Lipinski definition) is 4. The van der Waals surface area contributed by atoms with E-state index in [0.29, 0.717) is 12.1 Å². The predicted octanol–water partition coefficient (Wildman–Crippen LogP) is 1.91. The van der Waals surface area contributed by atoms with E-state index in [1.165, 1.54) is 0 Å². The standard InChI is InChI=1S/C10H10BrN3O2/c1-3-16-10(15)8-7-9(14(2)13-8)6(11)4-5-12-7/h4-5H,3H2,1-2H3. The van der Waals surface area contributed by atoms with Crippen LogP contribution >= 0.6 is 15.9 Å². The van der Waals surface area contributed by atoms with E-state index >= 15 is 0 Å². The summed E-state index contributed by atoms with van der Waals surface area (Å²) in [7, 11) is 1.76. The zero-order valence-corrected chi connectivity index (χ0v) is 10.5. The number of hydrogen-bond donors (Lipinski definition) is 0. The minimum Gasteiger partial charge on any atom is -0.461 e. The largest absolute Gasteiger partial charge is 0.461 e. The van der Waals surface area contributed by atoms with Gasteiger partial charge in [0.1, 0.15) is 11.0 Å². The van der Waals surface area contributed by atoms with E-state index in [4.69, 9.17) is 4.74 Å². The molecule has 0 aliphatic rings. The Bertz CT molecular complexity index is 550. The monoisotopic (exact) mass is 283 g/mol. The molecule has 0 radical (unpaired) electrons. The molecular weight excluding hydrogens is 274 g/mol. The van der Waals surface area contributed by atoms with Gasteiger partial charge in [0.2, 0.25) is 0 Å². The third-order valence-electron chi connectivity index (χ3n) is 2.14. The maximum absolute atomic E-state index is 11.6. The number of rotatable bonds is 2. The average molecular weight is 284 g/mol. The van der Waals surface area contributed by atoms with Crippen LogP contribution in [0.3, 0.4) is 0 Å². The van der Waals surface area contributed by atoms with E-state index in [1.807, 2.05) is 0 Å². The van der Waals surface area contributed by atoms with E-state index in [0.717, 1.165) is 9.99 Å². The number of esters is 1. The number of fused-ring (bicyclic) bond motifs is 1. The maximum atomic E-state index is 11.6. The molecule has 84 valence electrons. The van der Waals surface area contributed by atoms with E-state index < -0.39 is 5.97 Å². The van der Waals surface area contributed by atoms with Gasteiger partial charge in [-0.25, -0.2) is 4.79 Å². The number of pyridine rings is 1. The number of nitrogens with zero attached hydrogens (tertiary/aromatic N) is 3. The highest BCUT2D eigenvalue weighted by Gasteiger charge is 2.19. The summed E-state index contributed by atoms with van der Waals surface area (Å²) < 4.78 is 7.38. The van der Waals surface area contributed by atoms with Gasteiger partial charge in [0.25, 0.3) is 0 Å². The fourth-order valence-corrected chi connectivity index (χ4v) is 2.06. The number of aromatic nitrogens is 3. The first kappa shape index (κ1) is 11.1. The van der Waals surface area contributed by atoms with Gasteiger partial charge in [-0.2, -0.15) is 5.10 Å². The Morgan fingerprint density at radius 1 is 1.62 bits per heavy atom. The second kappa shape index (κ2) is 4.21. The van der Waals surface area contributed by atoms with Crippen LogP contribution in [0.25, 0.3) is 11.0 Å². The lowest BCUT2D eigenvalue weighted by molar-refractivity contribution is 0.0520. The molecule has 0 aromatic carbocycles. The van der Waals surface area contributed by atoms with Crippen LogP contribution in [0.2, 0.25) is 0 Å². The van der Waals surface area contributed by atoms with Crippen molar-refractivity contribution in [1.29, 1.82) is 0 Å². The zero-order valence-electron chi connectivity index (χ0n) is 8.90. The second-order valence-electron chi connectivity index (χ2n) is 3.18. The first-order chi connectivity index (χ1) is 7.65. The smallest absolute Gasteiger partial charge is 0.361 e. The normalized spacial score (nSPS) is 10.7. The van der Waals surface area contributed by atoms with Crippen molar-refractivity contribution >= 4 is 32.9 Å². The summed E-state index contributed by atoms with van der Waals surface area (Å²) in [5.74, 6) is -0.446. The summed E-state index contributed by atoms with van der Waals surface area (Å²) in [6, 6.07) is 1.80. The number of carbonyl (C=O) groups excluding carboxylic acids is 1. The summed E-state index contributed by atoms with van der Waals surface area (Å²) in [5.41, 5.74) is 1.58. The molecule has 2 heterocycles. The second-order valence-corrected chi connectivity index (χ2v) is 4.04. The van der Waals surface area contributed by atoms with Crippen molar-refractivity contribution in [2.45, 2.75) is 6.92 Å². The fourth-order valence-electron chi connectivity index (χ4n) is 1.50. The molecular formula is C10H10BrN3O2. The molecule has 0 unspecified atom stereocenters. The first-order valence-corrected chi connectivity index (χ1v) is 5.58. The number of carbonyl (C=O) groups is 1. The highest BCUT2D eigenvalue weighted by molar-refractivity contribution is 9.10. The molecule has 0 fully saturated rings. The summed E-state index contributed by atoms with van der Waals surface area (Å²) in [6.45, 7) is 2.08. The van der Waals surface area contributed by atoms with Crippen LogP contribution in [0.4, 0.5) is 0 Å². The average Bonchev–Trinajstić information content (AvgIpc) is 2.58. The van der Waals surface area contributed by atoms with Crippen molar-refractivity contribution in [3.63, 3.8) is 0 Å². The Hall–Kier alpha value is -1.43. The highest BCUT2D eigenvalue weighted by atomic mass is 79.9. The summed E-state index contributed by atoms with van der Waals surface area (Å²) in [5, 5.41) is 4.12. The summed E-state index contributed by atoms with van der Waals surface area (Å²) >= 11 is 3.40. The number of halogens is 1. The molecule has 2 aromatic rings. The van der Waals surface area contributed by atoms with Crippen molar-refractivity contribution in [2.24, 2.45) is 7.05 Å². The topological polar surface area (TPSA) is 57.0 Å². The number of ether oxygens (including phenoxy) is 1. The van der Waals surface area contributed by atoms with Crippen LogP contribution in [0.1, 0.15) is 17.4 Å². The van der Waals surface area contributed by atoms with Crippen molar-refractivity contribution in [1.82, 2.24) is 14.8 Å². The molecule has 2 aromatic heterocycles. The van der Waals surface area contributed by atoms with E-state index in [-0.39, 0.29) is 5.69 Å². The van der Waals surface area contributed by atoms with E-state index in [1.54, 1.807) is 30.9 Å². The maximum Gasteiger partial charge on any atom is 0.361 e. The molecule has 0 aliphatic heterocycles. The minimum absolute atomic E-state index is 0.251. The van der Waals surface area contributed by atoms with Gasteiger partial charge in [0.05, 0.1) is 6.61 Å². The van der Waals surface area contributed by atoms with Crippen LogP contribution in [0.5, 0.6) is 0 Å². The third kappa shape index (κ3) is 1.69. The van der Waals surface area contributed by atoms with Crippen molar-refractivity contribution in [3.8, 4) is 0 Å². The van der Waals surface area contributed by atoms with Crippen LogP contribution in [-0.2, 0) is 11.8 Å². The molecule has 2 rings (SSSR count). The van der Waals surface area contributed by atoms with E-state index in [9.17, 15) is 4.79 Å². The molecule has 0 saturated heterocycles. The molecule has 0 amide bonds. The molecule has 0 spiro atoms. The van der Waals surface area contributed by atoms with Crippen molar-refractivity contribution < 1.29 is 9.53 Å². The van der Waals surface area contributed by atoms with Crippen LogP contribution in [-0.4, -0.2) is 27.3 Å². The molecule has 0 N–H and O–H groups in total. The van der Waals surface area contributed by atoms with Gasteiger partial charge in [0, 0.05) is 17.7 Å². The van der Waals surface area contributed by atoms with Gasteiger partial charge >= 0.3 is 5.97 Å². The van der Waals surface area contributed by atoms with Crippen LogP contribution in [0, 0.1) is 0 Å². The Kier molecular flexibility index (Phi) is 2.91. The minimum atomic E-state index is -0.446. The first-order valence-electron chi connectivity index (χ1n) is 4.79. The van der Waals surface area contributed by atoms with Crippen molar-refractivity contribution in [2.75, 3.05) is 6.61 Å². The van der Waals surface area contributed by atoms with Crippen LogP contribution < -0.4 is 0 Å². The highest BCUT2D eigenvalue weighted by Crippen LogP contribution is 2.24. The Balaban J connectivity index is 2.64. The quantitative estimate of drug-likeness (QED) is 0.790. The van der Waals surface area contributed by atoms with E-state index in [2.05, 4.69) is 26.0 Å². The lowest BCUT2D eigenvalue weighted by atomic mass is 10.3. The van der Waals surface area contributed by atoms with Gasteiger partial charge in [-0.3, -0.25) is 9.67 Å². The molecule has 0 aliphatic carbocycles. The lowest BCUT2D eigenvalue weighted by Gasteiger charge is -1.97. The van der Waals surface area contributed by atoms with Crippen LogP contribution in [0.15, 0.2) is 16.7 Å². The molecule has 0 atom stereocenters. The summed E-state index contributed by atoms with van der Waals surface area (Å²) in [6.07, 6.45) is 1.62. The molecule has 6 heteroatoms. The van der Waals surface area contributed by atoms with Gasteiger partial charge in [-0.05, 0) is 28.9 Å². The van der Waals surface area contributed by atoms with Gasteiger partial charge in [-0.15, -0.1) is 0 Å². The molecule has 5 nitrogen and oxygen atoms in total. The molecule has 0 saturated carbocycles. The van der Waals surface area contributed by atoms with Gasteiger partial charge in [0.15, 0.2) is 5.69 Å². The Morgan fingerprint density at radius 3 is 3.06 bits per heavy atom. The molecule has 16 heavy (non-hydrogen) atoms. The number of aryl methyl sites for hydroxylation is 1. The van der Waals surface area contributed by atoms with Gasteiger partial charge < -0.3 is 4.74 Å². The predicted molar refractivity (Wildman–Crippen MR) is 62.2 cm³/mol. The molecule has 0 bridgehead atoms. The third-order valence-corrected chi connectivity index (χ3v) is 2.78. The summed E-state index contributed by atoms with van der Waals surface area (Å²) in [4.78, 5) is 15.8. The van der Waals surface area contributed by atoms with Gasteiger partial charge in [-0.1, -0.05) is 0 Å². The SMILES string of the molecule is CCOC(=O)c1nn(C)c2c(Br)ccnc12. The zero-order chi connectivity index (χ0) is 11.7. The fraction of sp³-hybridized carbons (Fsp3) is 0.300. The Morgan fingerprint density at radius 2 is 2.38 bits per heavy atom. The Labute approximate surface area is 101 Å². The van der Waals surface area contributed by atoms with Crippen molar-refractivity contribution in [3.05, 3.63) is 22.4 Å².